The molecule has 13 heteroatoms. The predicted molar refractivity (Wildman–Crippen MR) is 135 cm³/mol. The van der Waals surface area contributed by atoms with Gasteiger partial charge in [-0.05, 0) is 25.8 Å². The first-order valence-corrected chi connectivity index (χ1v) is 12.7. The number of carbonyl (C=O) groups is 1. The summed E-state index contributed by atoms with van der Waals surface area (Å²) in [4.78, 5) is 37.3. The highest BCUT2D eigenvalue weighted by atomic mass is 19.3. The first kappa shape index (κ1) is 24.6. The Morgan fingerprint density at radius 1 is 1.11 bits per heavy atom. The molecule has 4 aromatic rings. The number of anilines is 1. The minimum Gasteiger partial charge on any atom is -0.384 e. The SMILES string of the molecule is C[C@@H](O)C(=O)N1CCC(n2cnc3c(-c4cccc5[nH]c(C(F)F)nc45)nc(N4CCOCC4)nc32)CC1. The lowest BCUT2D eigenvalue weighted by Crippen LogP contribution is -2.43. The van der Waals surface area contributed by atoms with Crippen LogP contribution < -0.4 is 4.90 Å². The molecule has 2 aliphatic heterocycles. The minimum absolute atomic E-state index is 0.0463. The maximum absolute atomic E-state index is 13.4. The smallest absolute Gasteiger partial charge is 0.295 e. The lowest BCUT2D eigenvalue weighted by molar-refractivity contribution is -0.140. The van der Waals surface area contributed by atoms with E-state index in [0.29, 0.717) is 91.6 Å². The fourth-order valence-corrected chi connectivity index (χ4v) is 5.24. The molecule has 0 saturated carbocycles. The summed E-state index contributed by atoms with van der Waals surface area (Å²) >= 11 is 0. The molecule has 6 rings (SSSR count). The molecule has 5 heterocycles. The number of aromatic nitrogens is 6. The van der Waals surface area contributed by atoms with E-state index in [4.69, 9.17) is 14.7 Å². The average molecular weight is 527 g/mol. The number of piperidine rings is 1. The molecule has 0 unspecified atom stereocenters. The number of halogens is 2. The second-order valence-electron chi connectivity index (χ2n) is 9.65. The zero-order valence-electron chi connectivity index (χ0n) is 20.8. The molecule has 0 aliphatic carbocycles. The molecule has 2 fully saturated rings. The molecule has 1 amide bonds. The van der Waals surface area contributed by atoms with E-state index in [1.54, 1.807) is 23.4 Å². The van der Waals surface area contributed by atoms with Crippen LogP contribution in [0.4, 0.5) is 14.7 Å². The van der Waals surface area contributed by atoms with Crippen LogP contribution in [0.25, 0.3) is 33.5 Å². The normalized spacial score (nSPS) is 18.1. The van der Waals surface area contributed by atoms with Crippen molar-refractivity contribution in [2.75, 3.05) is 44.3 Å². The van der Waals surface area contributed by atoms with Gasteiger partial charge < -0.3 is 29.2 Å². The number of likely N-dealkylation sites (tertiary alicyclic amines) is 1. The summed E-state index contributed by atoms with van der Waals surface area (Å²) in [6.07, 6.45) is -0.651. The van der Waals surface area contributed by atoms with Crippen molar-refractivity contribution in [3.8, 4) is 11.3 Å². The molecule has 38 heavy (non-hydrogen) atoms. The molecule has 200 valence electrons. The van der Waals surface area contributed by atoms with E-state index in [-0.39, 0.29) is 11.9 Å². The van der Waals surface area contributed by atoms with E-state index >= 15 is 0 Å². The van der Waals surface area contributed by atoms with Crippen molar-refractivity contribution in [1.82, 2.24) is 34.4 Å². The average Bonchev–Trinajstić information content (AvgIpc) is 3.57. The summed E-state index contributed by atoms with van der Waals surface area (Å²) < 4.78 is 34.4. The van der Waals surface area contributed by atoms with E-state index in [9.17, 15) is 18.7 Å². The standard InChI is InChI=1S/C25H28F2N8O3/c1-14(36)24(37)33-7-5-15(6-8-33)35-13-28-20-19(31-25(32-23(20)35)34-9-11-38-12-10-34)16-3-2-4-17-18(16)30-22(29-17)21(26)27/h2-4,13-15,21,36H,5-12H2,1H3,(H,29,30)/t14-/m1/s1. The largest absolute Gasteiger partial charge is 0.384 e. The van der Waals surface area contributed by atoms with Gasteiger partial charge in [0.05, 0.1) is 30.6 Å². The molecule has 2 aliphatic rings. The van der Waals surface area contributed by atoms with Gasteiger partial charge in [-0.3, -0.25) is 4.79 Å². The first-order chi connectivity index (χ1) is 18.4. The third kappa shape index (κ3) is 4.35. The quantitative estimate of drug-likeness (QED) is 0.407. The van der Waals surface area contributed by atoms with Crippen LogP contribution in [-0.4, -0.2) is 90.9 Å². The van der Waals surface area contributed by atoms with E-state index < -0.39 is 18.4 Å². The highest BCUT2D eigenvalue weighted by Crippen LogP contribution is 2.35. The summed E-state index contributed by atoms with van der Waals surface area (Å²) in [6, 6.07) is 5.34. The number of rotatable bonds is 5. The Morgan fingerprint density at radius 2 is 1.87 bits per heavy atom. The van der Waals surface area contributed by atoms with Crippen molar-refractivity contribution < 1.29 is 23.4 Å². The number of alkyl halides is 2. The lowest BCUT2D eigenvalue weighted by atomic mass is 10.0. The van der Waals surface area contributed by atoms with Gasteiger partial charge in [0.25, 0.3) is 12.3 Å². The number of aliphatic hydroxyl groups excluding tert-OH is 1. The number of hydrogen-bond acceptors (Lipinski definition) is 8. The third-order valence-corrected chi connectivity index (χ3v) is 7.22. The summed E-state index contributed by atoms with van der Waals surface area (Å²) in [5, 5.41) is 9.68. The monoisotopic (exact) mass is 526 g/mol. The van der Waals surface area contributed by atoms with Crippen LogP contribution in [0.3, 0.4) is 0 Å². The van der Waals surface area contributed by atoms with E-state index in [1.165, 1.54) is 6.92 Å². The van der Waals surface area contributed by atoms with Gasteiger partial charge in [-0.15, -0.1) is 0 Å². The number of nitrogens with zero attached hydrogens (tertiary/aromatic N) is 7. The summed E-state index contributed by atoms with van der Waals surface area (Å²) in [5.74, 6) is -0.149. The number of fused-ring (bicyclic) bond motifs is 2. The molecule has 0 radical (unpaired) electrons. The molecule has 1 aromatic carbocycles. The maximum atomic E-state index is 13.4. The molecule has 0 bridgehead atoms. The summed E-state index contributed by atoms with van der Waals surface area (Å²) in [6.45, 7) is 4.88. The number of benzene rings is 1. The van der Waals surface area contributed by atoms with Gasteiger partial charge in [0.2, 0.25) is 5.95 Å². The van der Waals surface area contributed by atoms with Crippen molar-refractivity contribution in [1.29, 1.82) is 0 Å². The Hall–Kier alpha value is -3.71. The number of ether oxygens (including phenoxy) is 1. The van der Waals surface area contributed by atoms with E-state index in [1.807, 2.05) is 15.5 Å². The van der Waals surface area contributed by atoms with Crippen LogP contribution in [0.15, 0.2) is 24.5 Å². The number of hydrogen-bond donors (Lipinski definition) is 2. The highest BCUT2D eigenvalue weighted by Gasteiger charge is 2.29. The Morgan fingerprint density at radius 3 is 2.58 bits per heavy atom. The van der Waals surface area contributed by atoms with Gasteiger partial charge in [0, 0.05) is 37.8 Å². The third-order valence-electron chi connectivity index (χ3n) is 7.22. The number of aliphatic hydroxyl groups is 1. The molecule has 2 N–H and O–H groups in total. The van der Waals surface area contributed by atoms with Crippen molar-refractivity contribution in [3.63, 3.8) is 0 Å². The number of carbonyl (C=O) groups excluding carboxylic acids is 1. The molecular weight excluding hydrogens is 498 g/mol. The Kier molecular flexibility index (Phi) is 6.40. The number of aromatic amines is 1. The van der Waals surface area contributed by atoms with Crippen molar-refractivity contribution >= 4 is 34.1 Å². The fraction of sp³-hybridized carbons (Fsp3) is 0.480. The van der Waals surface area contributed by atoms with Crippen LogP contribution in [0.2, 0.25) is 0 Å². The molecule has 2 saturated heterocycles. The minimum atomic E-state index is -2.73. The number of nitrogens with one attached hydrogen (secondary N) is 1. The van der Waals surface area contributed by atoms with Gasteiger partial charge >= 0.3 is 0 Å². The van der Waals surface area contributed by atoms with Crippen LogP contribution in [0.5, 0.6) is 0 Å². The Bertz CT molecular complexity index is 1470. The van der Waals surface area contributed by atoms with Crippen molar-refractivity contribution in [2.24, 2.45) is 0 Å². The molecular formula is C25H28F2N8O3. The first-order valence-electron chi connectivity index (χ1n) is 12.7. The van der Waals surface area contributed by atoms with Crippen LogP contribution in [0, 0.1) is 0 Å². The highest BCUT2D eigenvalue weighted by molar-refractivity contribution is 5.99. The topological polar surface area (TPSA) is 125 Å². The van der Waals surface area contributed by atoms with Gasteiger partial charge in [0.15, 0.2) is 11.5 Å². The molecule has 11 nitrogen and oxygen atoms in total. The van der Waals surface area contributed by atoms with Gasteiger partial charge in [-0.2, -0.15) is 4.98 Å². The number of amides is 1. The summed E-state index contributed by atoms with van der Waals surface area (Å²) in [5.41, 5.74) is 3.20. The number of morpholine rings is 1. The van der Waals surface area contributed by atoms with Gasteiger partial charge in [-0.1, -0.05) is 12.1 Å². The number of H-pyrrole nitrogens is 1. The van der Waals surface area contributed by atoms with Crippen molar-refractivity contribution in [3.05, 3.63) is 30.4 Å². The fourth-order valence-electron chi connectivity index (χ4n) is 5.24. The number of para-hydroxylation sites is 1. The second kappa shape index (κ2) is 9.87. The van der Waals surface area contributed by atoms with Crippen molar-refractivity contribution in [2.45, 2.75) is 38.3 Å². The Labute approximate surface area is 216 Å². The molecule has 3 aromatic heterocycles. The lowest BCUT2D eigenvalue weighted by Gasteiger charge is -2.33. The summed E-state index contributed by atoms with van der Waals surface area (Å²) in [7, 11) is 0. The zero-order valence-corrected chi connectivity index (χ0v) is 20.8. The number of imidazole rings is 2. The van der Waals surface area contributed by atoms with E-state index in [2.05, 4.69) is 15.0 Å². The molecule has 1 atom stereocenters. The second-order valence-corrected chi connectivity index (χ2v) is 9.65. The van der Waals surface area contributed by atoms with Gasteiger partial charge in [0.1, 0.15) is 17.3 Å². The van der Waals surface area contributed by atoms with E-state index in [0.717, 1.165) is 0 Å². The van der Waals surface area contributed by atoms with Gasteiger partial charge in [-0.25, -0.2) is 23.7 Å². The predicted octanol–water partition coefficient (Wildman–Crippen LogP) is 2.69. The maximum Gasteiger partial charge on any atom is 0.295 e. The van der Waals surface area contributed by atoms with Crippen LogP contribution in [-0.2, 0) is 9.53 Å². The zero-order chi connectivity index (χ0) is 26.4. The van der Waals surface area contributed by atoms with Crippen LogP contribution in [0.1, 0.15) is 38.1 Å². The molecule has 0 spiro atoms. The van der Waals surface area contributed by atoms with Crippen LogP contribution >= 0.6 is 0 Å². The Balaban J connectivity index is 1.45.